The highest BCUT2D eigenvalue weighted by Gasteiger charge is 2.44. The van der Waals surface area contributed by atoms with Crippen LogP contribution >= 0.6 is 0 Å². The topological polar surface area (TPSA) is 48.2 Å². The number of ether oxygens (including phenoxy) is 1. The molecule has 0 bridgehead atoms. The van der Waals surface area contributed by atoms with Gasteiger partial charge in [0.05, 0.1) is 5.41 Å². The predicted molar refractivity (Wildman–Crippen MR) is 78.1 cm³/mol. The van der Waals surface area contributed by atoms with Crippen molar-refractivity contribution < 1.29 is 13.5 Å². The standard InChI is InChI=1S/C17H19FN2O2/c1-11-10-14(11)15-19-20-16(22-15)17(6-8-21-9-7-17)12-2-4-13(18)5-3-12/h2-5,11,14H,6-10H2,1H3/t11-,14+/m0/s1. The Morgan fingerprint density at radius 3 is 2.45 bits per heavy atom. The van der Waals surface area contributed by atoms with Crippen molar-refractivity contribution in [2.24, 2.45) is 5.92 Å². The van der Waals surface area contributed by atoms with Crippen molar-refractivity contribution in [2.75, 3.05) is 13.2 Å². The summed E-state index contributed by atoms with van der Waals surface area (Å²) in [4.78, 5) is 0. The summed E-state index contributed by atoms with van der Waals surface area (Å²) in [5.74, 6) is 2.20. The fourth-order valence-corrected chi connectivity index (χ4v) is 3.36. The summed E-state index contributed by atoms with van der Waals surface area (Å²) in [6.45, 7) is 3.49. The molecule has 0 N–H and O–H groups in total. The SMILES string of the molecule is C[C@H]1C[C@H]1c1nnc(C2(c3ccc(F)cc3)CCOCC2)o1. The molecule has 2 fully saturated rings. The molecule has 2 heterocycles. The fraction of sp³-hybridized carbons (Fsp3) is 0.529. The summed E-state index contributed by atoms with van der Waals surface area (Å²) in [5, 5.41) is 8.60. The van der Waals surface area contributed by atoms with E-state index in [0.717, 1.165) is 30.7 Å². The lowest BCUT2D eigenvalue weighted by molar-refractivity contribution is 0.0540. The van der Waals surface area contributed by atoms with Gasteiger partial charge in [-0.3, -0.25) is 0 Å². The van der Waals surface area contributed by atoms with E-state index in [2.05, 4.69) is 17.1 Å². The van der Waals surface area contributed by atoms with Crippen molar-refractivity contribution in [2.45, 2.75) is 37.5 Å². The van der Waals surface area contributed by atoms with Crippen LogP contribution < -0.4 is 0 Å². The molecule has 1 aliphatic carbocycles. The molecule has 1 aromatic carbocycles. The van der Waals surface area contributed by atoms with Crippen molar-refractivity contribution >= 4 is 0 Å². The van der Waals surface area contributed by atoms with Gasteiger partial charge in [-0.25, -0.2) is 4.39 Å². The quantitative estimate of drug-likeness (QED) is 0.871. The van der Waals surface area contributed by atoms with Crippen LogP contribution in [0.1, 0.15) is 49.4 Å². The van der Waals surface area contributed by atoms with Crippen LogP contribution in [0.4, 0.5) is 4.39 Å². The third-order valence-electron chi connectivity index (χ3n) is 5.02. The van der Waals surface area contributed by atoms with E-state index in [1.807, 2.05) is 12.1 Å². The molecule has 116 valence electrons. The largest absolute Gasteiger partial charge is 0.424 e. The molecular formula is C17H19FN2O2. The molecule has 0 unspecified atom stereocenters. The maximum absolute atomic E-state index is 13.3. The van der Waals surface area contributed by atoms with Crippen molar-refractivity contribution in [1.82, 2.24) is 10.2 Å². The number of benzene rings is 1. The van der Waals surface area contributed by atoms with Gasteiger partial charge in [0, 0.05) is 19.1 Å². The van der Waals surface area contributed by atoms with Crippen molar-refractivity contribution in [3.8, 4) is 0 Å². The molecule has 4 rings (SSSR count). The van der Waals surface area contributed by atoms with Crippen LogP contribution in [-0.4, -0.2) is 23.4 Å². The molecular weight excluding hydrogens is 283 g/mol. The van der Waals surface area contributed by atoms with Gasteiger partial charge < -0.3 is 9.15 Å². The number of hydrogen-bond donors (Lipinski definition) is 0. The number of aromatic nitrogens is 2. The van der Waals surface area contributed by atoms with Crippen LogP contribution in [0.2, 0.25) is 0 Å². The molecule has 0 radical (unpaired) electrons. The van der Waals surface area contributed by atoms with Crippen LogP contribution in [0.3, 0.4) is 0 Å². The van der Waals surface area contributed by atoms with E-state index in [9.17, 15) is 4.39 Å². The van der Waals surface area contributed by atoms with Gasteiger partial charge in [0.2, 0.25) is 11.8 Å². The molecule has 4 nitrogen and oxygen atoms in total. The first-order valence-electron chi connectivity index (χ1n) is 7.87. The maximum Gasteiger partial charge on any atom is 0.227 e. The van der Waals surface area contributed by atoms with Gasteiger partial charge in [-0.05, 0) is 42.9 Å². The lowest BCUT2D eigenvalue weighted by atomic mass is 9.74. The smallest absolute Gasteiger partial charge is 0.227 e. The highest BCUT2D eigenvalue weighted by molar-refractivity contribution is 5.33. The molecule has 0 amide bonds. The van der Waals surface area contributed by atoms with E-state index in [1.54, 1.807) is 0 Å². The van der Waals surface area contributed by atoms with Gasteiger partial charge >= 0.3 is 0 Å². The van der Waals surface area contributed by atoms with Gasteiger partial charge in [0.1, 0.15) is 5.82 Å². The number of hydrogen-bond acceptors (Lipinski definition) is 4. The van der Waals surface area contributed by atoms with Gasteiger partial charge in [-0.1, -0.05) is 19.1 Å². The summed E-state index contributed by atoms with van der Waals surface area (Å²) in [6, 6.07) is 6.63. The Balaban J connectivity index is 1.74. The van der Waals surface area contributed by atoms with E-state index < -0.39 is 0 Å². The first kappa shape index (κ1) is 13.9. The summed E-state index contributed by atoms with van der Waals surface area (Å²) in [7, 11) is 0. The van der Waals surface area contributed by atoms with Crippen molar-refractivity contribution in [3.05, 3.63) is 47.4 Å². The highest BCUT2D eigenvalue weighted by Crippen LogP contribution is 2.48. The average Bonchev–Trinajstić information content (AvgIpc) is 3.08. The van der Waals surface area contributed by atoms with E-state index >= 15 is 0 Å². The van der Waals surface area contributed by atoms with Crippen LogP contribution in [-0.2, 0) is 10.2 Å². The Hall–Kier alpha value is -1.75. The summed E-state index contributed by atoms with van der Waals surface area (Å²) in [5.41, 5.74) is 0.672. The fourth-order valence-electron chi connectivity index (χ4n) is 3.36. The van der Waals surface area contributed by atoms with E-state index in [1.165, 1.54) is 12.1 Å². The second-order valence-electron chi connectivity index (χ2n) is 6.47. The zero-order valence-corrected chi connectivity index (χ0v) is 12.6. The Labute approximate surface area is 128 Å². The molecule has 1 saturated carbocycles. The van der Waals surface area contributed by atoms with Crippen LogP contribution in [0.25, 0.3) is 0 Å². The van der Waals surface area contributed by atoms with Crippen LogP contribution in [0.15, 0.2) is 28.7 Å². The monoisotopic (exact) mass is 302 g/mol. The average molecular weight is 302 g/mol. The normalized spacial score (nSPS) is 26.8. The second-order valence-corrected chi connectivity index (χ2v) is 6.47. The third-order valence-corrected chi connectivity index (χ3v) is 5.02. The Morgan fingerprint density at radius 2 is 1.82 bits per heavy atom. The lowest BCUT2D eigenvalue weighted by Crippen LogP contribution is -2.35. The van der Waals surface area contributed by atoms with Gasteiger partial charge in [0.25, 0.3) is 0 Å². The first-order valence-corrected chi connectivity index (χ1v) is 7.87. The lowest BCUT2D eigenvalue weighted by Gasteiger charge is -2.34. The number of halogens is 1. The molecule has 2 aliphatic rings. The summed E-state index contributed by atoms with van der Waals surface area (Å²) >= 11 is 0. The molecule has 2 atom stereocenters. The molecule has 2 aromatic rings. The third kappa shape index (κ3) is 2.24. The van der Waals surface area contributed by atoms with Gasteiger partial charge in [0.15, 0.2) is 0 Å². The Kier molecular flexibility index (Phi) is 3.26. The number of nitrogens with zero attached hydrogens (tertiary/aromatic N) is 2. The molecule has 22 heavy (non-hydrogen) atoms. The summed E-state index contributed by atoms with van der Waals surface area (Å²) in [6.07, 6.45) is 2.68. The number of rotatable bonds is 3. The van der Waals surface area contributed by atoms with E-state index in [4.69, 9.17) is 9.15 Å². The van der Waals surface area contributed by atoms with E-state index in [0.29, 0.717) is 30.9 Å². The van der Waals surface area contributed by atoms with Crippen LogP contribution in [0, 0.1) is 11.7 Å². The van der Waals surface area contributed by atoms with Gasteiger partial charge in [-0.15, -0.1) is 10.2 Å². The molecule has 1 saturated heterocycles. The first-order chi connectivity index (χ1) is 10.7. The predicted octanol–water partition coefficient (Wildman–Crippen LogP) is 3.43. The Morgan fingerprint density at radius 1 is 1.14 bits per heavy atom. The molecule has 1 aromatic heterocycles. The molecule has 5 heteroatoms. The summed E-state index contributed by atoms with van der Waals surface area (Å²) < 4.78 is 24.8. The Bertz CT molecular complexity index is 662. The molecule has 1 aliphatic heterocycles. The second kappa shape index (κ2) is 5.16. The maximum atomic E-state index is 13.3. The zero-order valence-electron chi connectivity index (χ0n) is 12.6. The highest BCUT2D eigenvalue weighted by atomic mass is 19.1. The van der Waals surface area contributed by atoms with Crippen molar-refractivity contribution in [3.63, 3.8) is 0 Å². The molecule has 0 spiro atoms. The minimum atomic E-state index is -0.352. The van der Waals surface area contributed by atoms with E-state index in [-0.39, 0.29) is 11.2 Å². The minimum absolute atomic E-state index is 0.232. The van der Waals surface area contributed by atoms with Crippen LogP contribution in [0.5, 0.6) is 0 Å². The van der Waals surface area contributed by atoms with Crippen molar-refractivity contribution in [1.29, 1.82) is 0 Å². The van der Waals surface area contributed by atoms with Gasteiger partial charge in [-0.2, -0.15) is 0 Å². The zero-order chi connectivity index (χ0) is 15.2. The minimum Gasteiger partial charge on any atom is -0.424 e.